The molecule has 13 heteroatoms. The number of nitrogens with zero attached hydrogens (tertiary/aromatic N) is 1. The highest BCUT2D eigenvalue weighted by atomic mass is 32.2. The number of hydrogen-bond acceptors (Lipinski definition) is 5. The van der Waals surface area contributed by atoms with E-state index in [1.807, 2.05) is 6.26 Å². The topological polar surface area (TPSA) is 63.2 Å². The minimum absolute atomic E-state index is 0.190. The number of pyridine rings is 1. The van der Waals surface area contributed by atoms with Crippen LogP contribution in [0.15, 0.2) is 41.8 Å². The van der Waals surface area contributed by atoms with E-state index in [0.717, 1.165) is 37.1 Å². The van der Waals surface area contributed by atoms with Gasteiger partial charge in [0.1, 0.15) is 23.1 Å². The number of carbonyl (C=O) groups excluding carboxylic acids is 1. The first-order chi connectivity index (χ1) is 16.4. The summed E-state index contributed by atoms with van der Waals surface area (Å²) < 4.78 is 95.3. The predicted octanol–water partition coefficient (Wildman–Crippen LogP) is 6.14. The van der Waals surface area contributed by atoms with Crippen LogP contribution in [-0.4, -0.2) is 29.6 Å². The van der Waals surface area contributed by atoms with E-state index in [-0.39, 0.29) is 23.1 Å². The minimum atomic E-state index is -5.08. The Morgan fingerprint density at radius 1 is 1.20 bits per heavy atom. The highest BCUT2D eigenvalue weighted by molar-refractivity contribution is 8.01. The van der Waals surface area contributed by atoms with Crippen LogP contribution in [0.4, 0.5) is 36.6 Å². The molecule has 5 nitrogen and oxygen atoms in total. The summed E-state index contributed by atoms with van der Waals surface area (Å²) >= 11 is 1.41. The summed E-state index contributed by atoms with van der Waals surface area (Å²) in [5, 5.41) is 6.95. The number of anilines is 1. The number of rotatable bonds is 9. The molecule has 1 fully saturated rings. The summed E-state index contributed by atoms with van der Waals surface area (Å²) in [4.78, 5) is 16.4. The summed E-state index contributed by atoms with van der Waals surface area (Å²) in [7, 11) is 0. The maximum atomic E-state index is 13.7. The van der Waals surface area contributed by atoms with Gasteiger partial charge in [0.15, 0.2) is 0 Å². The van der Waals surface area contributed by atoms with Crippen LogP contribution in [0.2, 0.25) is 0 Å². The Morgan fingerprint density at radius 3 is 2.51 bits per heavy atom. The van der Waals surface area contributed by atoms with Gasteiger partial charge in [0.05, 0.1) is 11.6 Å². The molecule has 0 radical (unpaired) electrons. The summed E-state index contributed by atoms with van der Waals surface area (Å²) in [6.07, 6.45) is -4.56. The molecule has 1 aromatic carbocycles. The zero-order valence-corrected chi connectivity index (χ0v) is 19.0. The third-order valence-corrected chi connectivity index (χ3v) is 5.40. The lowest BCUT2D eigenvalue weighted by Gasteiger charge is -2.18. The van der Waals surface area contributed by atoms with Gasteiger partial charge >= 0.3 is 12.5 Å². The second kappa shape index (κ2) is 10.8. The van der Waals surface area contributed by atoms with Gasteiger partial charge in [-0.2, -0.15) is 13.2 Å². The van der Waals surface area contributed by atoms with Gasteiger partial charge in [0.25, 0.3) is 5.91 Å². The number of thioether (sulfide) groups is 1. The maximum Gasteiger partial charge on any atom is 0.573 e. The molecule has 0 bridgehead atoms. The monoisotopic (exact) mass is 523 g/mol. The molecule has 1 aromatic heterocycles. The Labute approximate surface area is 200 Å². The van der Waals surface area contributed by atoms with E-state index in [1.165, 1.54) is 11.8 Å². The Morgan fingerprint density at radius 2 is 1.91 bits per heavy atom. The molecule has 0 saturated heterocycles. The van der Waals surface area contributed by atoms with E-state index in [4.69, 9.17) is 0 Å². The predicted molar refractivity (Wildman–Crippen MR) is 116 cm³/mol. The third-order valence-electron chi connectivity index (χ3n) is 4.97. The van der Waals surface area contributed by atoms with Crippen LogP contribution >= 0.6 is 11.8 Å². The van der Waals surface area contributed by atoms with E-state index in [9.17, 15) is 35.5 Å². The second-order valence-electron chi connectivity index (χ2n) is 7.64. The lowest BCUT2D eigenvalue weighted by atomic mass is 10.1. The fourth-order valence-corrected chi connectivity index (χ4v) is 3.52. The zero-order valence-electron chi connectivity index (χ0n) is 18.1. The van der Waals surface area contributed by atoms with Crippen LogP contribution in [0.3, 0.4) is 0 Å². The van der Waals surface area contributed by atoms with Gasteiger partial charge in [-0.1, -0.05) is 6.08 Å². The van der Waals surface area contributed by atoms with Crippen molar-refractivity contribution in [3.05, 3.63) is 64.5 Å². The summed E-state index contributed by atoms with van der Waals surface area (Å²) in [6, 6.07) is 3.42. The van der Waals surface area contributed by atoms with E-state index in [1.54, 1.807) is 11.5 Å². The molecule has 1 aliphatic carbocycles. The van der Waals surface area contributed by atoms with Crippen LogP contribution in [0.5, 0.6) is 5.75 Å². The molecule has 1 atom stereocenters. The Balaban J connectivity index is 1.90. The molecule has 3 rings (SSSR count). The summed E-state index contributed by atoms with van der Waals surface area (Å²) in [5.74, 6) is -2.69. The van der Waals surface area contributed by atoms with Crippen molar-refractivity contribution in [2.45, 2.75) is 38.0 Å². The molecule has 2 aromatic rings. The van der Waals surface area contributed by atoms with E-state index < -0.39 is 48.1 Å². The molecule has 0 spiro atoms. The van der Waals surface area contributed by atoms with E-state index in [0.29, 0.717) is 6.07 Å². The average molecular weight is 523 g/mol. The van der Waals surface area contributed by atoms with Crippen molar-refractivity contribution in [2.24, 2.45) is 5.92 Å². The fourth-order valence-electron chi connectivity index (χ4n) is 3.20. The number of amides is 1. The number of aromatic nitrogens is 1. The van der Waals surface area contributed by atoms with Crippen molar-refractivity contribution in [3.8, 4) is 5.75 Å². The maximum absolute atomic E-state index is 13.7. The molecule has 1 amide bonds. The molecule has 1 saturated carbocycles. The highest BCUT2D eigenvalue weighted by Crippen LogP contribution is 2.34. The Kier molecular flexibility index (Phi) is 8.18. The zero-order chi connectivity index (χ0) is 25.8. The Bertz CT molecular complexity index is 1090. The smallest absolute Gasteiger partial charge is 0.405 e. The molecule has 190 valence electrons. The second-order valence-corrected chi connectivity index (χ2v) is 8.39. The van der Waals surface area contributed by atoms with Gasteiger partial charge in [-0.05, 0) is 60.8 Å². The molecule has 1 aliphatic rings. The standard InChI is InChI=1S/C22H20F7N3O2S/c1-35-9-8-16(12-2-3-12)31-20(33)15-5-7-18(21(24,25)26)32-19(15)30-11-13-10-14(23)4-6-17(13)34-22(27,28)29/h4-10,12,16H,2-3,11H2,1H3,(H,30,32)(H,31,33)/b9-8+. The van der Waals surface area contributed by atoms with Crippen molar-refractivity contribution < 1.29 is 40.3 Å². The first-order valence-electron chi connectivity index (χ1n) is 10.2. The highest BCUT2D eigenvalue weighted by Gasteiger charge is 2.35. The Hall–Kier alpha value is -2.96. The lowest BCUT2D eigenvalue weighted by Crippen LogP contribution is -2.35. The third kappa shape index (κ3) is 7.77. The van der Waals surface area contributed by atoms with Crippen molar-refractivity contribution >= 4 is 23.5 Å². The van der Waals surface area contributed by atoms with Crippen LogP contribution < -0.4 is 15.4 Å². The number of nitrogens with one attached hydrogen (secondary N) is 2. The molecule has 35 heavy (non-hydrogen) atoms. The summed E-state index contributed by atoms with van der Waals surface area (Å²) in [5.41, 5.74) is -1.91. The van der Waals surface area contributed by atoms with Crippen LogP contribution in [0.25, 0.3) is 0 Å². The number of carbonyl (C=O) groups is 1. The van der Waals surface area contributed by atoms with Gasteiger partial charge in [0.2, 0.25) is 0 Å². The van der Waals surface area contributed by atoms with E-state index >= 15 is 0 Å². The minimum Gasteiger partial charge on any atom is -0.405 e. The molecular weight excluding hydrogens is 503 g/mol. The van der Waals surface area contributed by atoms with Crippen molar-refractivity contribution in [3.63, 3.8) is 0 Å². The first kappa shape index (κ1) is 26.6. The average Bonchev–Trinajstić information content (AvgIpc) is 3.60. The van der Waals surface area contributed by atoms with Crippen molar-refractivity contribution in [1.29, 1.82) is 0 Å². The SMILES string of the molecule is CS/C=C/C(NC(=O)c1ccc(C(F)(F)F)nc1NCc1cc(F)ccc1OC(F)(F)F)C1CC1. The number of ether oxygens (including phenoxy) is 1. The van der Waals surface area contributed by atoms with Gasteiger partial charge in [0, 0.05) is 12.1 Å². The van der Waals surface area contributed by atoms with Crippen molar-refractivity contribution in [2.75, 3.05) is 11.6 Å². The van der Waals surface area contributed by atoms with Crippen LogP contribution in [0, 0.1) is 11.7 Å². The lowest BCUT2D eigenvalue weighted by molar-refractivity contribution is -0.274. The summed E-state index contributed by atoms with van der Waals surface area (Å²) in [6.45, 7) is -0.601. The largest absolute Gasteiger partial charge is 0.573 e. The van der Waals surface area contributed by atoms with Gasteiger partial charge in [-0.15, -0.1) is 24.9 Å². The molecule has 2 N–H and O–H groups in total. The fraction of sp³-hybridized carbons (Fsp3) is 0.364. The molecule has 1 unspecified atom stereocenters. The van der Waals surface area contributed by atoms with E-state index in [2.05, 4.69) is 20.4 Å². The van der Waals surface area contributed by atoms with Crippen LogP contribution in [-0.2, 0) is 12.7 Å². The van der Waals surface area contributed by atoms with Gasteiger partial charge in [-0.3, -0.25) is 4.79 Å². The van der Waals surface area contributed by atoms with Crippen molar-refractivity contribution in [1.82, 2.24) is 10.3 Å². The van der Waals surface area contributed by atoms with Crippen LogP contribution in [0.1, 0.15) is 34.5 Å². The number of halogens is 7. The number of hydrogen-bond donors (Lipinski definition) is 2. The molecule has 0 aliphatic heterocycles. The number of alkyl halides is 6. The molecular formula is C22H20F7N3O2S. The molecule has 1 heterocycles. The van der Waals surface area contributed by atoms with Gasteiger partial charge in [-0.25, -0.2) is 9.37 Å². The first-order valence-corrected chi connectivity index (χ1v) is 11.5. The van der Waals surface area contributed by atoms with Gasteiger partial charge < -0.3 is 15.4 Å². The quantitative estimate of drug-likeness (QED) is 0.387. The normalized spacial score (nSPS) is 15.2. The number of benzene rings is 1.